The molecule has 0 radical (unpaired) electrons. The third kappa shape index (κ3) is 2.43. The summed E-state index contributed by atoms with van der Waals surface area (Å²) in [6.07, 6.45) is 13.1. The molecule has 0 heterocycles. The zero-order valence-electron chi connectivity index (χ0n) is 12.5. The predicted molar refractivity (Wildman–Crippen MR) is 82.6 cm³/mol. The Labute approximate surface area is 112 Å². The Kier molecular flexibility index (Phi) is 4.95. The molecule has 0 nitrogen and oxygen atoms in total. The van der Waals surface area contributed by atoms with Crippen molar-refractivity contribution in [3.05, 3.63) is 59.3 Å². The summed E-state index contributed by atoms with van der Waals surface area (Å²) < 4.78 is 0. The molecule has 18 heavy (non-hydrogen) atoms. The molecule has 1 rings (SSSR count). The Morgan fingerprint density at radius 3 is 2.22 bits per heavy atom. The molecule has 0 spiro atoms. The van der Waals surface area contributed by atoms with Crippen molar-refractivity contribution in [1.82, 2.24) is 0 Å². The van der Waals surface area contributed by atoms with Gasteiger partial charge in [-0.1, -0.05) is 64.7 Å². The van der Waals surface area contributed by atoms with E-state index in [2.05, 4.69) is 65.5 Å². The Morgan fingerprint density at radius 2 is 1.78 bits per heavy atom. The molecule has 0 fully saturated rings. The minimum Gasteiger partial charge on any atom is -0.0987 e. The van der Waals surface area contributed by atoms with Gasteiger partial charge in [-0.15, -0.1) is 0 Å². The minimum atomic E-state index is 0.0764. The van der Waals surface area contributed by atoms with Crippen molar-refractivity contribution in [3.8, 4) is 0 Å². The van der Waals surface area contributed by atoms with Gasteiger partial charge in [-0.3, -0.25) is 0 Å². The van der Waals surface area contributed by atoms with Crippen molar-refractivity contribution in [3.63, 3.8) is 0 Å². The van der Waals surface area contributed by atoms with E-state index in [1.165, 1.54) is 22.3 Å². The zero-order valence-corrected chi connectivity index (χ0v) is 12.5. The summed E-state index contributed by atoms with van der Waals surface area (Å²) in [5.74, 6) is 0. The highest BCUT2D eigenvalue weighted by atomic mass is 14.4. The lowest BCUT2D eigenvalue weighted by molar-refractivity contribution is 0.574. The van der Waals surface area contributed by atoms with E-state index >= 15 is 0 Å². The van der Waals surface area contributed by atoms with E-state index in [-0.39, 0.29) is 5.41 Å². The van der Waals surface area contributed by atoms with Gasteiger partial charge in [0.15, 0.2) is 0 Å². The van der Waals surface area contributed by atoms with Gasteiger partial charge in [-0.2, -0.15) is 0 Å². The maximum Gasteiger partial charge on any atom is 0.0155 e. The first-order valence-electron chi connectivity index (χ1n) is 6.94. The normalized spacial score (nSPS) is 19.6. The fourth-order valence-corrected chi connectivity index (χ4v) is 2.81. The van der Waals surface area contributed by atoms with Crippen LogP contribution in [-0.2, 0) is 0 Å². The average Bonchev–Trinajstić information content (AvgIpc) is 2.54. The first-order valence-corrected chi connectivity index (χ1v) is 6.94. The van der Waals surface area contributed by atoms with Crippen LogP contribution in [0.4, 0.5) is 0 Å². The zero-order chi connectivity index (χ0) is 13.8. The van der Waals surface area contributed by atoms with Gasteiger partial charge < -0.3 is 0 Å². The molecule has 0 amide bonds. The first-order chi connectivity index (χ1) is 8.54. The Balaban J connectivity index is 3.46. The summed E-state index contributed by atoms with van der Waals surface area (Å²) in [6.45, 7) is 15.1. The van der Waals surface area contributed by atoms with Gasteiger partial charge >= 0.3 is 0 Å². The van der Waals surface area contributed by atoms with E-state index in [4.69, 9.17) is 0 Å². The van der Waals surface area contributed by atoms with Crippen molar-refractivity contribution in [2.75, 3.05) is 0 Å². The smallest absolute Gasteiger partial charge is 0.0155 e. The molecule has 0 N–H and O–H groups in total. The van der Waals surface area contributed by atoms with Crippen LogP contribution in [0.5, 0.6) is 0 Å². The van der Waals surface area contributed by atoms with Crippen LogP contribution < -0.4 is 0 Å². The Hall–Kier alpha value is -1.30. The van der Waals surface area contributed by atoms with E-state index in [1.54, 1.807) is 0 Å². The van der Waals surface area contributed by atoms with Crippen molar-refractivity contribution in [2.24, 2.45) is 5.41 Å². The molecule has 98 valence electrons. The molecule has 0 saturated carbocycles. The van der Waals surface area contributed by atoms with Gasteiger partial charge in [0, 0.05) is 5.41 Å². The van der Waals surface area contributed by atoms with Gasteiger partial charge in [0.25, 0.3) is 0 Å². The summed E-state index contributed by atoms with van der Waals surface area (Å²) >= 11 is 0. The molecular formula is C18H26. The first kappa shape index (κ1) is 14.8. The number of allylic oxidation sites excluding steroid dienone is 9. The second kappa shape index (κ2) is 6.04. The molecule has 0 atom stereocenters. The van der Waals surface area contributed by atoms with Crippen LogP contribution >= 0.6 is 0 Å². The third-order valence-electron chi connectivity index (χ3n) is 3.70. The standard InChI is InChI=1S/C18H26/c1-7-11-13-15-14(9-3)17(12-8-2)18(5,6)16(15)10-4/h8,10-13H,4,7,9H2,1-3,5-6H3/b12-8-,13-11-. The van der Waals surface area contributed by atoms with Gasteiger partial charge in [-0.25, -0.2) is 0 Å². The van der Waals surface area contributed by atoms with Crippen molar-refractivity contribution in [2.45, 2.75) is 47.5 Å². The predicted octanol–water partition coefficient (Wildman–Crippen LogP) is 5.76. The Bertz CT molecular complexity index is 437. The molecule has 0 heteroatoms. The minimum absolute atomic E-state index is 0.0764. The summed E-state index contributed by atoms with van der Waals surface area (Å²) in [5.41, 5.74) is 5.73. The lowest BCUT2D eigenvalue weighted by Crippen LogP contribution is -2.12. The topological polar surface area (TPSA) is 0 Å². The Morgan fingerprint density at radius 1 is 1.11 bits per heavy atom. The van der Waals surface area contributed by atoms with Gasteiger partial charge in [-0.05, 0) is 42.1 Å². The summed E-state index contributed by atoms with van der Waals surface area (Å²) in [4.78, 5) is 0. The maximum absolute atomic E-state index is 4.02. The quantitative estimate of drug-likeness (QED) is 0.575. The maximum atomic E-state index is 4.02. The van der Waals surface area contributed by atoms with Gasteiger partial charge in [0.2, 0.25) is 0 Å². The van der Waals surface area contributed by atoms with Gasteiger partial charge in [0.1, 0.15) is 0 Å². The SMILES string of the molecule is C=CC1=C(/C=C\CC)C(CC)=C(/C=C\C)C1(C)C. The van der Waals surface area contributed by atoms with E-state index in [1.807, 2.05) is 6.08 Å². The second-order valence-corrected chi connectivity index (χ2v) is 5.21. The number of hydrogen-bond acceptors (Lipinski definition) is 0. The van der Waals surface area contributed by atoms with Crippen molar-refractivity contribution < 1.29 is 0 Å². The highest BCUT2D eigenvalue weighted by molar-refractivity contribution is 5.62. The lowest BCUT2D eigenvalue weighted by Gasteiger charge is -2.24. The summed E-state index contributed by atoms with van der Waals surface area (Å²) in [5, 5.41) is 0. The van der Waals surface area contributed by atoms with Crippen molar-refractivity contribution in [1.29, 1.82) is 0 Å². The number of hydrogen-bond donors (Lipinski definition) is 0. The molecule has 1 aliphatic carbocycles. The summed E-state index contributed by atoms with van der Waals surface area (Å²) in [6, 6.07) is 0. The molecule has 0 aromatic carbocycles. The molecule has 0 bridgehead atoms. The fourth-order valence-electron chi connectivity index (χ4n) is 2.81. The largest absolute Gasteiger partial charge is 0.0987 e. The van der Waals surface area contributed by atoms with E-state index in [0.717, 1.165) is 12.8 Å². The van der Waals surface area contributed by atoms with Crippen LogP contribution in [0.2, 0.25) is 0 Å². The van der Waals surface area contributed by atoms with Crippen LogP contribution in [0.3, 0.4) is 0 Å². The third-order valence-corrected chi connectivity index (χ3v) is 3.70. The van der Waals surface area contributed by atoms with Gasteiger partial charge in [0.05, 0.1) is 0 Å². The van der Waals surface area contributed by atoms with E-state index in [0.29, 0.717) is 0 Å². The second-order valence-electron chi connectivity index (χ2n) is 5.21. The van der Waals surface area contributed by atoms with Crippen LogP contribution in [-0.4, -0.2) is 0 Å². The molecule has 0 saturated heterocycles. The average molecular weight is 242 g/mol. The molecule has 0 unspecified atom stereocenters. The highest BCUT2D eigenvalue weighted by Gasteiger charge is 2.35. The van der Waals surface area contributed by atoms with E-state index in [9.17, 15) is 0 Å². The molecule has 0 aromatic heterocycles. The molecule has 1 aliphatic rings. The van der Waals surface area contributed by atoms with Crippen molar-refractivity contribution >= 4 is 0 Å². The molecular weight excluding hydrogens is 216 g/mol. The fraction of sp³-hybridized carbons (Fsp3) is 0.444. The van der Waals surface area contributed by atoms with Crippen LogP contribution in [0.15, 0.2) is 59.3 Å². The van der Waals surface area contributed by atoms with E-state index < -0.39 is 0 Å². The van der Waals surface area contributed by atoms with Crippen LogP contribution in [0, 0.1) is 5.41 Å². The van der Waals surface area contributed by atoms with Crippen LogP contribution in [0.25, 0.3) is 0 Å². The molecule has 0 aromatic rings. The number of rotatable bonds is 5. The summed E-state index contributed by atoms with van der Waals surface area (Å²) in [7, 11) is 0. The molecule has 0 aliphatic heterocycles. The monoisotopic (exact) mass is 242 g/mol. The highest BCUT2D eigenvalue weighted by Crippen LogP contribution is 2.49. The van der Waals surface area contributed by atoms with Crippen LogP contribution in [0.1, 0.15) is 47.5 Å². The lowest BCUT2D eigenvalue weighted by atomic mass is 9.80.